The number of para-hydroxylation sites is 1. The van der Waals surface area contributed by atoms with E-state index in [4.69, 9.17) is 9.47 Å². The van der Waals surface area contributed by atoms with Gasteiger partial charge in [0.25, 0.3) is 5.91 Å². The van der Waals surface area contributed by atoms with E-state index in [2.05, 4.69) is 15.5 Å². The zero-order chi connectivity index (χ0) is 19.8. The number of hydrogen-bond acceptors (Lipinski definition) is 5. The number of methoxy groups -OCH3 is 1. The fraction of sp³-hybridized carbons (Fsp3) is 0.0952. The Balaban J connectivity index is 1.68. The third kappa shape index (κ3) is 4.91. The lowest BCUT2D eigenvalue weighted by Crippen LogP contribution is -2.17. The maximum atomic E-state index is 13.7. The van der Waals surface area contributed by atoms with Gasteiger partial charge in [0.2, 0.25) is 0 Å². The lowest BCUT2D eigenvalue weighted by molar-refractivity contribution is 0.0955. The van der Waals surface area contributed by atoms with Crippen LogP contribution in [0.25, 0.3) is 0 Å². The fourth-order valence-corrected chi connectivity index (χ4v) is 2.44. The van der Waals surface area contributed by atoms with Crippen molar-refractivity contribution in [3.05, 3.63) is 89.5 Å². The van der Waals surface area contributed by atoms with Crippen molar-refractivity contribution < 1.29 is 18.7 Å². The number of benzene rings is 2. The van der Waals surface area contributed by atoms with Crippen LogP contribution in [-0.4, -0.2) is 24.2 Å². The summed E-state index contributed by atoms with van der Waals surface area (Å²) in [6, 6.07) is 14.8. The van der Waals surface area contributed by atoms with Crippen molar-refractivity contribution in [1.29, 1.82) is 0 Å². The van der Waals surface area contributed by atoms with Gasteiger partial charge in [-0.15, -0.1) is 0 Å². The molecule has 0 aliphatic rings. The molecule has 0 radical (unpaired) electrons. The minimum Gasteiger partial charge on any atom is -0.496 e. The van der Waals surface area contributed by atoms with Crippen molar-refractivity contribution in [2.24, 2.45) is 5.10 Å². The molecule has 0 unspecified atom stereocenters. The maximum Gasteiger partial charge on any atom is 0.272 e. The third-order valence-corrected chi connectivity index (χ3v) is 3.83. The van der Waals surface area contributed by atoms with Crippen LogP contribution in [0.2, 0.25) is 0 Å². The van der Waals surface area contributed by atoms with Gasteiger partial charge in [-0.2, -0.15) is 5.10 Å². The van der Waals surface area contributed by atoms with Crippen LogP contribution in [0.15, 0.2) is 72.1 Å². The van der Waals surface area contributed by atoms with E-state index in [1.54, 1.807) is 61.8 Å². The first-order valence-electron chi connectivity index (χ1n) is 8.45. The van der Waals surface area contributed by atoms with Crippen molar-refractivity contribution in [2.75, 3.05) is 7.11 Å². The molecule has 3 aromatic rings. The van der Waals surface area contributed by atoms with Crippen LogP contribution in [0.1, 0.15) is 21.5 Å². The highest BCUT2D eigenvalue weighted by atomic mass is 19.1. The summed E-state index contributed by atoms with van der Waals surface area (Å²) in [6.07, 6.45) is 4.54. The molecule has 6 nitrogen and oxygen atoms in total. The monoisotopic (exact) mass is 379 g/mol. The molecule has 1 N–H and O–H groups in total. The minimum absolute atomic E-state index is 0.119. The summed E-state index contributed by atoms with van der Waals surface area (Å²) in [4.78, 5) is 15.8. The summed E-state index contributed by atoms with van der Waals surface area (Å²) < 4.78 is 24.6. The van der Waals surface area contributed by atoms with Gasteiger partial charge in [0, 0.05) is 18.0 Å². The van der Waals surface area contributed by atoms with Crippen molar-refractivity contribution in [3.63, 3.8) is 0 Å². The molecule has 0 atom stereocenters. The molecule has 7 heteroatoms. The average Bonchev–Trinajstić information content (AvgIpc) is 2.74. The number of amides is 1. The molecule has 0 saturated carbocycles. The highest BCUT2D eigenvalue weighted by Gasteiger charge is 2.08. The first kappa shape index (κ1) is 19.0. The average molecular weight is 379 g/mol. The molecule has 3 rings (SSSR count). The number of rotatable bonds is 7. The van der Waals surface area contributed by atoms with Crippen LogP contribution in [-0.2, 0) is 6.61 Å². The van der Waals surface area contributed by atoms with E-state index in [0.29, 0.717) is 16.9 Å². The van der Waals surface area contributed by atoms with Crippen molar-refractivity contribution in [1.82, 2.24) is 10.4 Å². The van der Waals surface area contributed by atoms with E-state index in [0.717, 1.165) is 5.56 Å². The second kappa shape index (κ2) is 9.27. The first-order valence-corrected chi connectivity index (χ1v) is 8.45. The number of hydrazone groups is 1. The topological polar surface area (TPSA) is 72.8 Å². The number of pyridine rings is 1. The zero-order valence-electron chi connectivity index (χ0n) is 15.1. The molecule has 2 aromatic carbocycles. The summed E-state index contributed by atoms with van der Waals surface area (Å²) in [5.74, 6) is -0.0292. The second-order valence-corrected chi connectivity index (χ2v) is 5.73. The molecular formula is C21H18FN3O3. The van der Waals surface area contributed by atoms with Gasteiger partial charge >= 0.3 is 0 Å². The maximum absolute atomic E-state index is 13.7. The van der Waals surface area contributed by atoms with Crippen LogP contribution >= 0.6 is 0 Å². The highest BCUT2D eigenvalue weighted by molar-refractivity contribution is 5.94. The Bertz CT molecular complexity index is 978. The Kier molecular flexibility index (Phi) is 6.30. The van der Waals surface area contributed by atoms with Crippen molar-refractivity contribution in [3.8, 4) is 11.5 Å². The second-order valence-electron chi connectivity index (χ2n) is 5.73. The Hall–Kier alpha value is -3.74. The molecule has 0 bridgehead atoms. The number of carbonyl (C=O) groups excluding carboxylic acids is 1. The van der Waals surface area contributed by atoms with Crippen LogP contribution in [0.4, 0.5) is 4.39 Å². The summed E-state index contributed by atoms with van der Waals surface area (Å²) >= 11 is 0. The number of halogens is 1. The molecule has 1 aromatic heterocycles. The fourth-order valence-electron chi connectivity index (χ4n) is 2.44. The quantitative estimate of drug-likeness (QED) is 0.503. The van der Waals surface area contributed by atoms with Gasteiger partial charge in [0.1, 0.15) is 12.4 Å². The summed E-state index contributed by atoms with van der Waals surface area (Å²) in [6.45, 7) is 0.119. The van der Waals surface area contributed by atoms with Gasteiger partial charge in [0.05, 0.1) is 18.9 Å². The smallest absolute Gasteiger partial charge is 0.272 e. The van der Waals surface area contributed by atoms with Gasteiger partial charge in [-0.25, -0.2) is 9.82 Å². The van der Waals surface area contributed by atoms with E-state index >= 15 is 0 Å². The molecule has 1 heterocycles. The van der Waals surface area contributed by atoms with Gasteiger partial charge in [0.15, 0.2) is 11.6 Å². The molecule has 0 saturated heterocycles. The van der Waals surface area contributed by atoms with Gasteiger partial charge in [-0.3, -0.25) is 9.78 Å². The Morgan fingerprint density at radius 3 is 2.79 bits per heavy atom. The predicted molar refractivity (Wildman–Crippen MR) is 103 cm³/mol. The van der Waals surface area contributed by atoms with Crippen LogP contribution in [0, 0.1) is 5.82 Å². The Morgan fingerprint density at radius 1 is 1.18 bits per heavy atom. The van der Waals surface area contributed by atoms with Crippen LogP contribution in [0.5, 0.6) is 11.5 Å². The van der Waals surface area contributed by atoms with Gasteiger partial charge in [-0.05, 0) is 48.0 Å². The van der Waals surface area contributed by atoms with E-state index in [-0.39, 0.29) is 18.3 Å². The van der Waals surface area contributed by atoms with Crippen molar-refractivity contribution in [2.45, 2.75) is 6.61 Å². The van der Waals surface area contributed by atoms with Crippen LogP contribution in [0.3, 0.4) is 0 Å². The molecular weight excluding hydrogens is 361 g/mol. The normalized spacial score (nSPS) is 10.6. The third-order valence-electron chi connectivity index (χ3n) is 3.83. The molecule has 0 aliphatic heterocycles. The largest absolute Gasteiger partial charge is 0.496 e. The SMILES string of the molecule is COc1ccc(/C=N\NC(=O)c2cccnc2)cc1COc1ccccc1F. The predicted octanol–water partition coefficient (Wildman–Crippen LogP) is 3.57. The molecule has 0 aliphatic carbocycles. The van der Waals surface area contributed by atoms with Gasteiger partial charge in [-0.1, -0.05) is 12.1 Å². The number of aromatic nitrogens is 1. The van der Waals surface area contributed by atoms with E-state index in [1.807, 2.05) is 0 Å². The van der Waals surface area contributed by atoms with E-state index in [1.165, 1.54) is 18.5 Å². The standard InChI is InChI=1S/C21H18FN3O3/c1-27-19-9-8-15(12-24-25-21(26)16-5-4-10-23-13-16)11-17(19)14-28-20-7-3-2-6-18(20)22/h2-13H,14H2,1H3,(H,25,26)/b24-12-. The lowest BCUT2D eigenvalue weighted by Gasteiger charge is -2.11. The Labute approximate surface area is 161 Å². The number of hydrogen-bond donors (Lipinski definition) is 1. The Morgan fingerprint density at radius 2 is 2.04 bits per heavy atom. The molecule has 0 fully saturated rings. The molecule has 0 spiro atoms. The number of carbonyl (C=O) groups is 1. The van der Waals surface area contributed by atoms with E-state index < -0.39 is 5.82 Å². The first-order chi connectivity index (χ1) is 13.7. The molecule has 142 valence electrons. The number of nitrogens with zero attached hydrogens (tertiary/aromatic N) is 2. The van der Waals surface area contributed by atoms with E-state index in [9.17, 15) is 9.18 Å². The van der Waals surface area contributed by atoms with Crippen molar-refractivity contribution >= 4 is 12.1 Å². The highest BCUT2D eigenvalue weighted by Crippen LogP contribution is 2.23. The van der Waals surface area contributed by atoms with Crippen LogP contribution < -0.4 is 14.9 Å². The zero-order valence-corrected chi connectivity index (χ0v) is 15.1. The number of ether oxygens (including phenoxy) is 2. The summed E-state index contributed by atoms with van der Waals surface area (Å²) in [5, 5.41) is 3.95. The molecule has 1 amide bonds. The van der Waals surface area contributed by atoms with Gasteiger partial charge < -0.3 is 9.47 Å². The summed E-state index contributed by atoms with van der Waals surface area (Å²) in [5.41, 5.74) is 4.29. The molecule has 28 heavy (non-hydrogen) atoms. The summed E-state index contributed by atoms with van der Waals surface area (Å²) in [7, 11) is 1.55. The number of nitrogens with one attached hydrogen (secondary N) is 1. The lowest BCUT2D eigenvalue weighted by atomic mass is 10.1. The minimum atomic E-state index is -0.433.